The van der Waals surface area contributed by atoms with Gasteiger partial charge >= 0.3 is 0 Å². The van der Waals surface area contributed by atoms with Gasteiger partial charge in [-0.3, -0.25) is 4.79 Å². The van der Waals surface area contributed by atoms with Crippen LogP contribution in [0.5, 0.6) is 0 Å². The normalized spacial score (nSPS) is 19.7. The monoisotopic (exact) mass is 385 g/mol. The van der Waals surface area contributed by atoms with Crippen LogP contribution in [0.1, 0.15) is 0 Å². The summed E-state index contributed by atoms with van der Waals surface area (Å²) in [4.78, 5) is 11.5. The second kappa shape index (κ2) is 6.28. The number of rotatable bonds is 3. The molecule has 0 heterocycles. The maximum atomic E-state index is 12.2. The van der Waals surface area contributed by atoms with E-state index in [1.807, 2.05) is 0 Å². The third kappa shape index (κ3) is 3.62. The van der Waals surface area contributed by atoms with Gasteiger partial charge in [0.15, 0.2) is 0 Å². The predicted octanol–water partition coefficient (Wildman–Crippen LogP) is 3.38. The summed E-state index contributed by atoms with van der Waals surface area (Å²) in [5.41, 5.74) is 0. The topological polar surface area (TPSA) is 63.2 Å². The molecular weight excluding hydrogens is 380 g/mol. The molecule has 1 aromatic carbocycles. The van der Waals surface area contributed by atoms with Gasteiger partial charge in [0, 0.05) is 5.02 Å². The number of hydrogen-bond acceptors (Lipinski definition) is 3. The average molecular weight is 387 g/mol. The summed E-state index contributed by atoms with van der Waals surface area (Å²) in [6.45, 7) is 0. The number of halogens is 4. The zero-order valence-corrected chi connectivity index (χ0v) is 13.9. The Bertz CT molecular complexity index is 753. The highest BCUT2D eigenvalue weighted by atomic mass is 35.5. The molecular formula is C12H7Cl4NO3S. The van der Waals surface area contributed by atoms with Crippen LogP contribution in [0.25, 0.3) is 0 Å². The Morgan fingerprint density at radius 3 is 2.14 bits per heavy atom. The standard InChI is InChI=1S/C12H7Cl4NO3S/c13-6-1-3-7(4-2-6)21(19,20)17-9-5-8(14)12(18)11(16)10(9)15/h1-5,9,17H. The summed E-state index contributed by atoms with van der Waals surface area (Å²) in [6, 6.07) is 4.54. The summed E-state index contributed by atoms with van der Waals surface area (Å²) in [7, 11) is -3.87. The molecule has 0 fully saturated rings. The smallest absolute Gasteiger partial charge is 0.241 e. The summed E-state index contributed by atoms with van der Waals surface area (Å²) in [5, 5.41) is -0.245. The summed E-state index contributed by atoms with van der Waals surface area (Å²) < 4.78 is 26.7. The first-order valence-corrected chi connectivity index (χ1v) is 8.47. The molecule has 1 atom stereocenters. The molecule has 21 heavy (non-hydrogen) atoms. The minimum atomic E-state index is -3.87. The molecule has 0 spiro atoms. The lowest BCUT2D eigenvalue weighted by Gasteiger charge is -2.19. The van der Waals surface area contributed by atoms with Crippen LogP contribution in [0, 0.1) is 0 Å². The van der Waals surface area contributed by atoms with Crippen LogP contribution in [-0.4, -0.2) is 20.2 Å². The van der Waals surface area contributed by atoms with Gasteiger partial charge in [0.05, 0.1) is 21.0 Å². The first-order valence-electron chi connectivity index (χ1n) is 5.47. The van der Waals surface area contributed by atoms with Crippen molar-refractivity contribution in [1.29, 1.82) is 0 Å². The molecule has 0 saturated heterocycles. The summed E-state index contributed by atoms with van der Waals surface area (Å²) in [5.74, 6) is -0.648. The Hall–Kier alpha value is -0.560. The highest BCUT2D eigenvalue weighted by molar-refractivity contribution is 7.89. The summed E-state index contributed by atoms with van der Waals surface area (Å²) in [6.07, 6.45) is 1.19. The van der Waals surface area contributed by atoms with Gasteiger partial charge in [-0.15, -0.1) is 0 Å². The van der Waals surface area contributed by atoms with Gasteiger partial charge in [0.2, 0.25) is 15.8 Å². The van der Waals surface area contributed by atoms with Crippen molar-refractivity contribution < 1.29 is 13.2 Å². The Kier molecular flexibility index (Phi) is 5.03. The highest BCUT2D eigenvalue weighted by Gasteiger charge is 2.30. The van der Waals surface area contributed by atoms with Gasteiger partial charge < -0.3 is 0 Å². The third-order valence-electron chi connectivity index (χ3n) is 2.62. The highest BCUT2D eigenvalue weighted by Crippen LogP contribution is 2.30. The van der Waals surface area contributed by atoms with Gasteiger partial charge in [-0.2, -0.15) is 4.72 Å². The van der Waals surface area contributed by atoms with Crippen LogP contribution in [0.3, 0.4) is 0 Å². The van der Waals surface area contributed by atoms with E-state index in [0.717, 1.165) is 0 Å². The number of carbonyl (C=O) groups is 1. The fourth-order valence-corrected chi connectivity index (χ4v) is 3.61. The lowest BCUT2D eigenvalue weighted by molar-refractivity contribution is -0.111. The van der Waals surface area contributed by atoms with Crippen LogP contribution in [0.4, 0.5) is 0 Å². The summed E-state index contributed by atoms with van der Waals surface area (Å²) >= 11 is 23.0. The molecule has 0 aliphatic heterocycles. The molecule has 0 amide bonds. The number of Topliss-reactive ketones (excluding diaryl/α,β-unsaturated/α-hetero) is 1. The molecule has 2 rings (SSSR count). The van der Waals surface area contributed by atoms with Crippen molar-refractivity contribution in [3.8, 4) is 0 Å². The van der Waals surface area contributed by atoms with E-state index in [1.54, 1.807) is 0 Å². The number of hydrogen-bond donors (Lipinski definition) is 1. The Morgan fingerprint density at radius 2 is 1.57 bits per heavy atom. The number of carbonyl (C=O) groups excluding carboxylic acids is 1. The van der Waals surface area contributed by atoms with E-state index in [-0.39, 0.29) is 20.0 Å². The van der Waals surface area contributed by atoms with E-state index in [2.05, 4.69) is 4.72 Å². The minimum absolute atomic E-state index is 0.00564. The van der Waals surface area contributed by atoms with Gasteiger partial charge in [0.25, 0.3) is 0 Å². The Labute approximate surface area is 141 Å². The number of benzene rings is 1. The van der Waals surface area contributed by atoms with E-state index in [4.69, 9.17) is 46.4 Å². The van der Waals surface area contributed by atoms with Gasteiger partial charge in [-0.05, 0) is 30.3 Å². The van der Waals surface area contributed by atoms with Crippen molar-refractivity contribution in [2.75, 3.05) is 0 Å². The molecule has 0 bridgehead atoms. The SMILES string of the molecule is O=C1C(Cl)=CC(NS(=O)(=O)c2ccc(Cl)cc2)C(Cl)=C1Cl. The van der Waals surface area contributed by atoms with Crippen LogP contribution in [-0.2, 0) is 14.8 Å². The molecule has 0 saturated carbocycles. The lowest BCUT2D eigenvalue weighted by atomic mass is 10.1. The maximum absolute atomic E-state index is 12.2. The lowest BCUT2D eigenvalue weighted by Crippen LogP contribution is -2.36. The zero-order chi connectivity index (χ0) is 15.8. The minimum Gasteiger partial charge on any atom is -0.287 e. The predicted molar refractivity (Wildman–Crippen MR) is 83.2 cm³/mol. The molecule has 1 N–H and O–H groups in total. The van der Waals surface area contributed by atoms with E-state index in [1.165, 1.54) is 30.3 Å². The molecule has 9 heteroatoms. The van der Waals surface area contributed by atoms with E-state index in [9.17, 15) is 13.2 Å². The molecule has 0 aromatic heterocycles. The van der Waals surface area contributed by atoms with Crippen molar-refractivity contribution >= 4 is 62.2 Å². The van der Waals surface area contributed by atoms with Crippen molar-refractivity contribution in [3.63, 3.8) is 0 Å². The van der Waals surface area contributed by atoms with E-state index < -0.39 is 21.8 Å². The molecule has 4 nitrogen and oxygen atoms in total. The van der Waals surface area contributed by atoms with E-state index in [0.29, 0.717) is 5.02 Å². The van der Waals surface area contributed by atoms with Crippen LogP contribution in [0.2, 0.25) is 5.02 Å². The van der Waals surface area contributed by atoms with E-state index >= 15 is 0 Å². The van der Waals surface area contributed by atoms with Gasteiger partial charge in [-0.25, -0.2) is 8.42 Å². The third-order valence-corrected chi connectivity index (χ3v) is 5.52. The first-order chi connectivity index (χ1) is 9.72. The maximum Gasteiger partial charge on any atom is 0.241 e. The van der Waals surface area contributed by atoms with Crippen molar-refractivity contribution in [2.24, 2.45) is 0 Å². The van der Waals surface area contributed by atoms with Crippen LogP contribution >= 0.6 is 46.4 Å². The molecule has 112 valence electrons. The van der Waals surface area contributed by atoms with Crippen LogP contribution < -0.4 is 4.72 Å². The fraction of sp³-hybridized carbons (Fsp3) is 0.0833. The van der Waals surface area contributed by atoms with Crippen molar-refractivity contribution in [3.05, 3.63) is 50.5 Å². The van der Waals surface area contributed by atoms with Crippen molar-refractivity contribution in [1.82, 2.24) is 4.72 Å². The number of nitrogens with one attached hydrogen (secondary N) is 1. The Morgan fingerprint density at radius 1 is 1.00 bits per heavy atom. The largest absolute Gasteiger partial charge is 0.287 e. The molecule has 0 radical (unpaired) electrons. The number of allylic oxidation sites excluding steroid dienone is 2. The van der Waals surface area contributed by atoms with Gasteiger partial charge in [-0.1, -0.05) is 46.4 Å². The second-order valence-corrected chi connectivity index (χ2v) is 7.40. The quantitative estimate of drug-likeness (QED) is 0.865. The zero-order valence-electron chi connectivity index (χ0n) is 10.1. The van der Waals surface area contributed by atoms with Crippen molar-refractivity contribution in [2.45, 2.75) is 10.9 Å². The van der Waals surface area contributed by atoms with Crippen LogP contribution in [0.15, 0.2) is 50.3 Å². The first kappa shape index (κ1) is 16.8. The molecule has 1 aromatic rings. The number of ketones is 1. The Balaban J connectivity index is 2.33. The van der Waals surface area contributed by atoms with Gasteiger partial charge in [0.1, 0.15) is 5.03 Å². The molecule has 1 unspecified atom stereocenters. The fourth-order valence-electron chi connectivity index (χ4n) is 1.58. The second-order valence-electron chi connectivity index (χ2n) is 4.06. The molecule has 1 aliphatic rings. The molecule has 1 aliphatic carbocycles. The number of sulfonamides is 1. The average Bonchev–Trinajstić information content (AvgIpc) is 2.42.